The number of nitrogens with zero attached hydrogens (tertiary/aromatic N) is 1. The lowest BCUT2D eigenvalue weighted by molar-refractivity contribution is -0.120. The van der Waals surface area contributed by atoms with Crippen molar-refractivity contribution in [2.45, 2.75) is 20.0 Å². The summed E-state index contributed by atoms with van der Waals surface area (Å²) in [7, 11) is -3.62. The summed E-state index contributed by atoms with van der Waals surface area (Å²) in [4.78, 5) is 12.4. The number of carbonyl (C=O) groups excluding carboxylic acids is 1. The van der Waals surface area contributed by atoms with Gasteiger partial charge < -0.3 is 14.8 Å². The molecule has 1 aliphatic heterocycles. The van der Waals surface area contributed by atoms with Gasteiger partial charge in [0.2, 0.25) is 15.9 Å². The Morgan fingerprint density at radius 3 is 2.61 bits per heavy atom. The number of ether oxygens (including phenoxy) is 2. The summed E-state index contributed by atoms with van der Waals surface area (Å²) in [5.41, 5.74) is 2.20. The molecule has 1 atom stereocenters. The summed E-state index contributed by atoms with van der Waals surface area (Å²) >= 11 is 0. The molecule has 0 saturated carbocycles. The van der Waals surface area contributed by atoms with E-state index in [0.717, 1.165) is 21.7 Å². The first-order chi connectivity index (χ1) is 13.2. The lowest BCUT2D eigenvalue weighted by Gasteiger charge is -2.27. The van der Waals surface area contributed by atoms with Crippen LogP contribution in [0.2, 0.25) is 0 Å². The molecule has 0 saturated heterocycles. The second kappa shape index (κ2) is 8.10. The van der Waals surface area contributed by atoms with Gasteiger partial charge in [0, 0.05) is 0 Å². The van der Waals surface area contributed by atoms with Gasteiger partial charge in [-0.2, -0.15) is 0 Å². The lowest BCUT2D eigenvalue weighted by Crippen LogP contribution is -2.45. The van der Waals surface area contributed by atoms with Crippen LogP contribution in [-0.4, -0.2) is 46.4 Å². The van der Waals surface area contributed by atoms with E-state index in [1.165, 1.54) is 0 Å². The van der Waals surface area contributed by atoms with E-state index in [4.69, 9.17) is 9.47 Å². The van der Waals surface area contributed by atoms with E-state index in [-0.39, 0.29) is 19.2 Å². The van der Waals surface area contributed by atoms with Crippen LogP contribution in [0, 0.1) is 13.8 Å². The minimum atomic E-state index is -3.62. The number of amides is 1. The van der Waals surface area contributed by atoms with Gasteiger partial charge in [-0.1, -0.05) is 24.3 Å². The lowest BCUT2D eigenvalue weighted by atomic mass is 10.1. The average molecular weight is 404 g/mol. The van der Waals surface area contributed by atoms with Crippen molar-refractivity contribution in [1.82, 2.24) is 5.32 Å². The van der Waals surface area contributed by atoms with Gasteiger partial charge in [-0.3, -0.25) is 9.10 Å². The Bertz CT molecular complexity index is 974. The summed E-state index contributed by atoms with van der Waals surface area (Å²) in [6, 6.07) is 12.8. The minimum absolute atomic E-state index is 0.220. The second-order valence-electron chi connectivity index (χ2n) is 6.86. The third-order valence-corrected chi connectivity index (χ3v) is 5.54. The molecule has 0 unspecified atom stereocenters. The smallest absolute Gasteiger partial charge is 0.240 e. The van der Waals surface area contributed by atoms with Crippen LogP contribution in [0.3, 0.4) is 0 Å². The van der Waals surface area contributed by atoms with Crippen LogP contribution >= 0.6 is 0 Å². The highest BCUT2D eigenvalue weighted by atomic mass is 32.2. The first-order valence-corrected chi connectivity index (χ1v) is 10.8. The maximum absolute atomic E-state index is 12.4. The maximum atomic E-state index is 12.4. The molecule has 1 N–H and O–H groups in total. The predicted molar refractivity (Wildman–Crippen MR) is 107 cm³/mol. The largest absolute Gasteiger partial charge is 0.486 e. The molecule has 0 radical (unpaired) electrons. The minimum Gasteiger partial charge on any atom is -0.486 e. The molecule has 0 spiro atoms. The van der Waals surface area contributed by atoms with Crippen molar-refractivity contribution < 1.29 is 22.7 Å². The van der Waals surface area contributed by atoms with Crippen molar-refractivity contribution >= 4 is 21.6 Å². The topological polar surface area (TPSA) is 84.9 Å². The van der Waals surface area contributed by atoms with Crippen molar-refractivity contribution in [3.05, 3.63) is 53.6 Å². The third-order valence-electron chi connectivity index (χ3n) is 4.42. The first-order valence-electron chi connectivity index (χ1n) is 8.94. The number of hydrogen-bond acceptors (Lipinski definition) is 5. The fraction of sp³-hybridized carbons (Fsp3) is 0.350. The normalized spacial score (nSPS) is 15.8. The Kier molecular flexibility index (Phi) is 5.79. The van der Waals surface area contributed by atoms with Crippen LogP contribution in [0.15, 0.2) is 42.5 Å². The van der Waals surface area contributed by atoms with Gasteiger partial charge in [0.05, 0.1) is 18.5 Å². The van der Waals surface area contributed by atoms with Crippen LogP contribution in [0.5, 0.6) is 11.5 Å². The number of fused-ring (bicyclic) bond motifs is 1. The monoisotopic (exact) mass is 404 g/mol. The van der Waals surface area contributed by atoms with Crippen LogP contribution in [0.25, 0.3) is 0 Å². The molecule has 8 heteroatoms. The Labute approximate surface area is 165 Å². The Morgan fingerprint density at radius 1 is 1.18 bits per heavy atom. The molecule has 1 heterocycles. The molecule has 2 aromatic carbocycles. The molecular weight excluding hydrogens is 380 g/mol. The first kappa shape index (κ1) is 20.0. The summed E-state index contributed by atoms with van der Waals surface area (Å²) in [5, 5.41) is 2.74. The van der Waals surface area contributed by atoms with Gasteiger partial charge in [-0.15, -0.1) is 0 Å². The van der Waals surface area contributed by atoms with Crippen LogP contribution in [0.4, 0.5) is 5.69 Å². The van der Waals surface area contributed by atoms with Crippen molar-refractivity contribution in [2.75, 3.05) is 30.3 Å². The highest BCUT2D eigenvalue weighted by Gasteiger charge is 2.25. The molecule has 0 aromatic heterocycles. The predicted octanol–water partition coefficient (Wildman–Crippen LogP) is 2.03. The average Bonchev–Trinajstić information content (AvgIpc) is 2.65. The maximum Gasteiger partial charge on any atom is 0.240 e. The number of benzene rings is 2. The van der Waals surface area contributed by atoms with Gasteiger partial charge in [-0.05, 0) is 43.2 Å². The zero-order chi connectivity index (χ0) is 20.3. The molecule has 2 aromatic rings. The summed E-state index contributed by atoms with van der Waals surface area (Å²) in [5.74, 6) is 0.887. The quantitative estimate of drug-likeness (QED) is 0.796. The van der Waals surface area contributed by atoms with Gasteiger partial charge in [0.25, 0.3) is 0 Å². The molecule has 0 fully saturated rings. The number of para-hydroxylation sites is 2. The second-order valence-corrected chi connectivity index (χ2v) is 8.77. The number of rotatable bonds is 6. The number of anilines is 1. The summed E-state index contributed by atoms with van der Waals surface area (Å²) in [6.07, 6.45) is 0.753. The van der Waals surface area contributed by atoms with E-state index in [1.54, 1.807) is 12.1 Å². The van der Waals surface area contributed by atoms with Crippen molar-refractivity contribution in [1.29, 1.82) is 0 Å². The molecule has 7 nitrogen and oxygen atoms in total. The zero-order valence-electron chi connectivity index (χ0n) is 16.1. The van der Waals surface area contributed by atoms with E-state index >= 15 is 0 Å². The van der Waals surface area contributed by atoms with E-state index < -0.39 is 15.9 Å². The Balaban J connectivity index is 1.64. The third kappa shape index (κ3) is 4.75. The van der Waals surface area contributed by atoms with Gasteiger partial charge >= 0.3 is 0 Å². The molecule has 3 rings (SSSR count). The fourth-order valence-electron chi connectivity index (χ4n) is 2.95. The molecule has 0 aliphatic carbocycles. The van der Waals surface area contributed by atoms with Gasteiger partial charge in [-0.25, -0.2) is 8.42 Å². The van der Waals surface area contributed by atoms with Crippen LogP contribution < -0.4 is 19.1 Å². The van der Waals surface area contributed by atoms with Crippen LogP contribution in [-0.2, 0) is 14.8 Å². The SMILES string of the molecule is Cc1ccc(C)c(N(CC(=O)NC[C@H]2COc3ccccc3O2)S(C)(=O)=O)c1. The number of sulfonamides is 1. The molecule has 150 valence electrons. The zero-order valence-corrected chi connectivity index (χ0v) is 17.0. The van der Waals surface area contributed by atoms with Crippen molar-refractivity contribution in [3.63, 3.8) is 0 Å². The number of hydrogen-bond donors (Lipinski definition) is 1. The van der Waals surface area contributed by atoms with E-state index in [9.17, 15) is 13.2 Å². The summed E-state index contributed by atoms with van der Waals surface area (Å²) < 4.78 is 37.1. The molecule has 0 bridgehead atoms. The molecular formula is C20H24N2O5S. The van der Waals surface area contributed by atoms with E-state index in [1.807, 2.05) is 44.2 Å². The number of carbonyl (C=O) groups is 1. The Hall–Kier alpha value is -2.74. The highest BCUT2D eigenvalue weighted by Crippen LogP contribution is 2.30. The number of aryl methyl sites for hydroxylation is 2. The Morgan fingerprint density at radius 2 is 1.89 bits per heavy atom. The van der Waals surface area contributed by atoms with Crippen LogP contribution in [0.1, 0.15) is 11.1 Å². The van der Waals surface area contributed by atoms with E-state index in [2.05, 4.69) is 5.32 Å². The fourth-order valence-corrected chi connectivity index (χ4v) is 3.85. The van der Waals surface area contributed by atoms with E-state index in [0.29, 0.717) is 23.8 Å². The molecule has 28 heavy (non-hydrogen) atoms. The van der Waals surface area contributed by atoms with Crippen molar-refractivity contribution in [2.24, 2.45) is 0 Å². The molecule has 1 amide bonds. The summed E-state index contributed by atoms with van der Waals surface area (Å²) in [6.45, 7) is 3.92. The van der Waals surface area contributed by atoms with Crippen molar-refractivity contribution in [3.8, 4) is 11.5 Å². The van der Waals surface area contributed by atoms with Gasteiger partial charge in [0.1, 0.15) is 19.3 Å². The van der Waals surface area contributed by atoms with Gasteiger partial charge in [0.15, 0.2) is 11.5 Å². The molecule has 1 aliphatic rings. The number of nitrogens with one attached hydrogen (secondary N) is 1. The standard InChI is InChI=1S/C20H24N2O5S/c1-14-8-9-15(2)17(10-14)22(28(3,24)25)12-20(23)21-11-16-13-26-18-6-4-5-7-19(18)27-16/h4-10,16H,11-13H2,1-3H3,(H,21,23)/t16-/m0/s1. The highest BCUT2D eigenvalue weighted by molar-refractivity contribution is 7.92.